The Labute approximate surface area is 189 Å². The highest BCUT2D eigenvalue weighted by molar-refractivity contribution is 5.56. The Kier molecular flexibility index (Phi) is 5.44. The maximum atomic E-state index is 13.1. The first-order valence-corrected chi connectivity index (χ1v) is 10.7. The van der Waals surface area contributed by atoms with E-state index >= 15 is 0 Å². The fourth-order valence-corrected chi connectivity index (χ4v) is 4.80. The molecule has 2 fully saturated rings. The third-order valence-electron chi connectivity index (χ3n) is 6.25. The van der Waals surface area contributed by atoms with Gasteiger partial charge in [0.05, 0.1) is 0 Å². The van der Waals surface area contributed by atoms with Crippen molar-refractivity contribution >= 4 is 17.3 Å². The zero-order valence-electron chi connectivity index (χ0n) is 17.6. The molecule has 2 aliphatic rings. The van der Waals surface area contributed by atoms with Crippen molar-refractivity contribution in [3.8, 4) is 5.75 Å². The number of fused-ring (bicyclic) bond motifs is 3. The lowest BCUT2D eigenvalue weighted by Crippen LogP contribution is -2.48. The number of rotatable bonds is 5. The van der Waals surface area contributed by atoms with Crippen LogP contribution in [-0.2, 0) is 6.18 Å². The number of hydrogen-bond donors (Lipinski definition) is 1. The first-order valence-electron chi connectivity index (χ1n) is 10.7. The minimum absolute atomic E-state index is 0.00266. The molecule has 0 aromatic carbocycles. The zero-order chi connectivity index (χ0) is 24.1. The van der Waals surface area contributed by atoms with E-state index in [1.165, 1.54) is 22.8 Å². The van der Waals surface area contributed by atoms with E-state index in [-0.39, 0.29) is 35.2 Å². The quantitative estimate of drug-likeness (QED) is 0.539. The van der Waals surface area contributed by atoms with Crippen molar-refractivity contribution in [1.82, 2.24) is 19.6 Å². The van der Waals surface area contributed by atoms with Gasteiger partial charge in [-0.1, -0.05) is 0 Å². The molecule has 7 nitrogen and oxygen atoms in total. The van der Waals surface area contributed by atoms with Gasteiger partial charge in [0.15, 0.2) is 18.0 Å². The van der Waals surface area contributed by atoms with Gasteiger partial charge in [-0.05, 0) is 48.9 Å². The van der Waals surface area contributed by atoms with E-state index in [9.17, 15) is 26.3 Å². The van der Waals surface area contributed by atoms with E-state index in [2.05, 4.69) is 20.4 Å². The molecular weight excluding hydrogens is 466 g/mol. The van der Waals surface area contributed by atoms with Gasteiger partial charge < -0.3 is 15.0 Å². The Hall–Kier alpha value is -3.25. The fourth-order valence-electron chi connectivity index (χ4n) is 4.80. The van der Waals surface area contributed by atoms with Crippen LogP contribution >= 0.6 is 0 Å². The van der Waals surface area contributed by atoms with Crippen molar-refractivity contribution in [3.63, 3.8) is 0 Å². The van der Waals surface area contributed by atoms with Gasteiger partial charge >= 0.3 is 12.4 Å². The molecule has 3 aromatic rings. The third kappa shape index (κ3) is 4.55. The number of ether oxygens (including phenoxy) is 1. The summed E-state index contributed by atoms with van der Waals surface area (Å²) in [7, 11) is 0. The lowest BCUT2D eigenvalue weighted by molar-refractivity contribution is -0.153. The van der Waals surface area contributed by atoms with Gasteiger partial charge in [0.1, 0.15) is 5.69 Å². The highest BCUT2D eigenvalue weighted by atomic mass is 19.4. The van der Waals surface area contributed by atoms with E-state index in [1.54, 1.807) is 12.3 Å². The van der Waals surface area contributed by atoms with Gasteiger partial charge in [0.2, 0.25) is 5.95 Å². The molecule has 3 aromatic heterocycles. The second-order valence-corrected chi connectivity index (χ2v) is 8.55. The molecule has 5 rings (SSSR count). The molecule has 0 amide bonds. The minimum Gasteiger partial charge on any atom is -0.480 e. The average Bonchev–Trinajstić information content (AvgIpc) is 3.27. The van der Waals surface area contributed by atoms with Crippen LogP contribution in [0.5, 0.6) is 5.75 Å². The Balaban J connectivity index is 1.31. The van der Waals surface area contributed by atoms with Crippen LogP contribution in [0, 0.1) is 11.8 Å². The summed E-state index contributed by atoms with van der Waals surface area (Å²) in [5, 5.41) is 7.61. The lowest BCUT2D eigenvalue weighted by Gasteiger charge is -2.39. The van der Waals surface area contributed by atoms with Crippen molar-refractivity contribution in [3.05, 3.63) is 42.4 Å². The summed E-state index contributed by atoms with van der Waals surface area (Å²) in [5.74, 6) is 0.528. The summed E-state index contributed by atoms with van der Waals surface area (Å²) in [6.07, 6.45) is -4.47. The van der Waals surface area contributed by atoms with Crippen LogP contribution in [-0.4, -0.2) is 51.5 Å². The van der Waals surface area contributed by atoms with Crippen molar-refractivity contribution in [2.75, 3.05) is 29.9 Å². The highest BCUT2D eigenvalue weighted by Gasteiger charge is 2.43. The smallest absolute Gasteiger partial charge is 0.433 e. The predicted molar refractivity (Wildman–Crippen MR) is 110 cm³/mol. The monoisotopic (exact) mass is 486 g/mol. The number of pyridine rings is 2. The van der Waals surface area contributed by atoms with E-state index in [1.807, 2.05) is 4.90 Å². The largest absolute Gasteiger partial charge is 0.480 e. The number of alkyl halides is 6. The lowest BCUT2D eigenvalue weighted by atomic mass is 9.92. The first kappa shape index (κ1) is 22.5. The molecule has 0 spiro atoms. The van der Waals surface area contributed by atoms with Crippen LogP contribution in [0.3, 0.4) is 0 Å². The summed E-state index contributed by atoms with van der Waals surface area (Å²) >= 11 is 0. The van der Waals surface area contributed by atoms with Crippen LogP contribution in [0.1, 0.15) is 18.5 Å². The second-order valence-electron chi connectivity index (χ2n) is 8.55. The number of nitrogens with zero attached hydrogens (tertiary/aromatic N) is 5. The van der Waals surface area contributed by atoms with Crippen molar-refractivity contribution in [1.29, 1.82) is 0 Å². The van der Waals surface area contributed by atoms with Crippen LogP contribution < -0.4 is 15.0 Å². The maximum absolute atomic E-state index is 13.1. The van der Waals surface area contributed by atoms with Gasteiger partial charge in [-0.15, -0.1) is 5.10 Å². The molecule has 1 saturated carbocycles. The zero-order valence-corrected chi connectivity index (χ0v) is 17.6. The fraction of sp³-hybridized carbons (Fsp3) is 0.476. The van der Waals surface area contributed by atoms with Gasteiger partial charge in [-0.25, -0.2) is 4.52 Å². The van der Waals surface area contributed by atoms with E-state index < -0.39 is 24.7 Å². The molecule has 1 saturated heterocycles. The Morgan fingerprint density at radius 3 is 2.47 bits per heavy atom. The van der Waals surface area contributed by atoms with Crippen LogP contribution in [0.2, 0.25) is 0 Å². The Morgan fingerprint density at radius 2 is 1.79 bits per heavy atom. The molecule has 34 heavy (non-hydrogen) atoms. The molecule has 4 heterocycles. The minimum atomic E-state index is -4.51. The summed E-state index contributed by atoms with van der Waals surface area (Å²) in [6, 6.07) is 5.56. The molecule has 2 unspecified atom stereocenters. The van der Waals surface area contributed by atoms with Gasteiger partial charge in [-0.3, -0.25) is 4.98 Å². The van der Waals surface area contributed by atoms with Crippen molar-refractivity contribution in [2.24, 2.45) is 11.8 Å². The molecule has 1 aliphatic heterocycles. The van der Waals surface area contributed by atoms with Crippen LogP contribution in [0.15, 0.2) is 36.7 Å². The van der Waals surface area contributed by atoms with E-state index in [0.29, 0.717) is 18.8 Å². The average molecular weight is 486 g/mol. The van der Waals surface area contributed by atoms with Gasteiger partial charge in [-0.2, -0.15) is 31.3 Å². The van der Waals surface area contributed by atoms with Crippen molar-refractivity contribution < 1.29 is 31.1 Å². The normalized spacial score (nSPS) is 22.9. The van der Waals surface area contributed by atoms with Crippen LogP contribution in [0.25, 0.3) is 5.65 Å². The summed E-state index contributed by atoms with van der Waals surface area (Å²) < 4.78 is 83.0. The molecule has 13 heteroatoms. The predicted octanol–water partition coefficient (Wildman–Crippen LogP) is 4.41. The standard InChI is InChI=1S/C21H20F6N6O/c22-20(23,24)11-34-15-2-1-7-33-18(15)30-19(31-33)29-17-12-3-4-13(17)10-32(9-12)14-5-6-28-16(8-14)21(25,26)27/h1-2,5-8,12-13,17H,3-4,9-11H2,(H,29,31). The molecular formula is C21H20F6N6O. The van der Waals surface area contributed by atoms with Crippen LogP contribution in [0.4, 0.5) is 38.0 Å². The summed E-state index contributed by atoms with van der Waals surface area (Å²) in [5.41, 5.74) is -0.277. The number of halogens is 6. The SMILES string of the molecule is FC(F)(F)COc1cccn2nc(NC3C4CCC3CN(c3ccnc(C(F)(F)F)c3)C4)nc12. The topological polar surface area (TPSA) is 67.6 Å². The Morgan fingerprint density at radius 1 is 1.06 bits per heavy atom. The number of aromatic nitrogens is 4. The maximum Gasteiger partial charge on any atom is 0.433 e. The number of hydrogen-bond acceptors (Lipinski definition) is 6. The van der Waals surface area contributed by atoms with Gasteiger partial charge in [0.25, 0.3) is 0 Å². The molecule has 1 aliphatic carbocycles. The second kappa shape index (κ2) is 8.20. The number of nitrogens with one attached hydrogen (secondary N) is 1. The number of anilines is 2. The Bertz CT molecular complexity index is 1160. The van der Waals surface area contributed by atoms with Gasteiger partial charge in [0, 0.05) is 37.2 Å². The van der Waals surface area contributed by atoms with E-state index in [0.717, 1.165) is 18.9 Å². The first-order chi connectivity index (χ1) is 16.1. The highest BCUT2D eigenvalue weighted by Crippen LogP contribution is 2.41. The molecule has 2 atom stereocenters. The molecule has 1 N–H and O–H groups in total. The third-order valence-corrected chi connectivity index (χ3v) is 6.25. The molecule has 0 radical (unpaired) electrons. The molecule has 182 valence electrons. The summed E-state index contributed by atoms with van der Waals surface area (Å²) in [6.45, 7) is -0.318. The van der Waals surface area contributed by atoms with E-state index in [4.69, 9.17) is 4.74 Å². The number of piperidine rings is 1. The van der Waals surface area contributed by atoms with Crippen molar-refractivity contribution in [2.45, 2.75) is 31.2 Å². The summed E-state index contributed by atoms with van der Waals surface area (Å²) in [4.78, 5) is 9.69. The molecule has 2 bridgehead atoms.